The van der Waals surface area contributed by atoms with E-state index in [9.17, 15) is 4.79 Å². The van der Waals surface area contributed by atoms with Gasteiger partial charge in [-0.15, -0.1) is 0 Å². The Morgan fingerprint density at radius 2 is 1.92 bits per heavy atom. The molecule has 0 N–H and O–H groups in total. The van der Waals surface area contributed by atoms with Gasteiger partial charge in [-0.2, -0.15) is 0 Å². The van der Waals surface area contributed by atoms with Gasteiger partial charge in [0.25, 0.3) is 0 Å². The fraction of sp³-hybridized carbons (Fsp3) is 0.667. The number of carbonyl (C=O) groups is 1. The predicted octanol–water partition coefficient (Wildman–Crippen LogP) is 4.57. The van der Waals surface area contributed by atoms with E-state index >= 15 is 0 Å². The summed E-state index contributed by atoms with van der Waals surface area (Å²) in [7, 11) is 0. The zero-order valence-electron chi connectivity index (χ0n) is 15.0. The third kappa shape index (κ3) is 4.51. The van der Waals surface area contributed by atoms with Crippen LogP contribution in [0.4, 0.5) is 10.5 Å². The maximum absolute atomic E-state index is 12.3. The zero-order chi connectivity index (χ0) is 18.2. The van der Waals surface area contributed by atoms with E-state index < -0.39 is 5.60 Å². The van der Waals surface area contributed by atoms with E-state index in [-0.39, 0.29) is 11.5 Å². The van der Waals surface area contributed by atoms with Crippen molar-refractivity contribution in [2.45, 2.75) is 45.6 Å². The van der Waals surface area contributed by atoms with Crippen molar-refractivity contribution in [2.75, 3.05) is 31.1 Å². The number of hydrogen-bond donors (Lipinski definition) is 0. The number of amides is 1. The van der Waals surface area contributed by atoms with Gasteiger partial charge in [0.1, 0.15) is 10.8 Å². The van der Waals surface area contributed by atoms with Crippen molar-refractivity contribution in [2.24, 2.45) is 5.41 Å². The van der Waals surface area contributed by atoms with Gasteiger partial charge in [-0.25, -0.2) is 9.78 Å². The zero-order valence-corrected chi connectivity index (χ0v) is 17.9. The highest BCUT2D eigenvalue weighted by atomic mass is 127. The summed E-state index contributed by atoms with van der Waals surface area (Å²) in [5.41, 5.74) is 0.959. The molecule has 1 aromatic rings. The van der Waals surface area contributed by atoms with Crippen LogP contribution in [0.5, 0.6) is 0 Å². The molecule has 0 saturated carbocycles. The van der Waals surface area contributed by atoms with Crippen LogP contribution in [-0.2, 0) is 4.74 Å². The summed E-state index contributed by atoms with van der Waals surface area (Å²) < 4.78 is 6.65. The number of halogens is 2. The Morgan fingerprint density at radius 1 is 1.28 bits per heavy atom. The molecular weight excluding hydrogens is 453 g/mol. The van der Waals surface area contributed by atoms with Crippen molar-refractivity contribution in [1.29, 1.82) is 0 Å². The summed E-state index contributed by atoms with van der Waals surface area (Å²) in [6, 6.07) is 1.95. The average Bonchev–Trinajstić information content (AvgIpc) is 2.93. The topological polar surface area (TPSA) is 45.7 Å². The number of nitrogens with zero attached hydrogens (tertiary/aromatic N) is 3. The summed E-state index contributed by atoms with van der Waals surface area (Å²) in [5.74, 6) is 0. The summed E-state index contributed by atoms with van der Waals surface area (Å²) in [6.07, 6.45) is 4.88. The van der Waals surface area contributed by atoms with Gasteiger partial charge in [0.15, 0.2) is 0 Å². The molecule has 3 rings (SSSR count). The number of likely N-dealkylation sites (tertiary alicyclic amines) is 1. The molecular formula is C18H25ClIN3O2. The molecule has 0 atom stereocenters. The summed E-state index contributed by atoms with van der Waals surface area (Å²) >= 11 is 8.38. The van der Waals surface area contributed by atoms with E-state index in [1.54, 1.807) is 0 Å². The molecule has 0 aliphatic carbocycles. The number of aromatic nitrogens is 1. The molecule has 25 heavy (non-hydrogen) atoms. The minimum atomic E-state index is -0.437. The summed E-state index contributed by atoms with van der Waals surface area (Å²) in [6.45, 7) is 9.32. The minimum absolute atomic E-state index is 0.178. The van der Waals surface area contributed by atoms with Crippen molar-refractivity contribution in [1.82, 2.24) is 9.88 Å². The van der Waals surface area contributed by atoms with Crippen molar-refractivity contribution < 1.29 is 9.53 Å². The van der Waals surface area contributed by atoms with Crippen molar-refractivity contribution in [3.8, 4) is 0 Å². The number of carbonyl (C=O) groups excluding carboxylic acids is 1. The molecule has 0 bridgehead atoms. The molecule has 2 saturated heterocycles. The van der Waals surface area contributed by atoms with E-state index in [0.717, 1.165) is 54.7 Å². The van der Waals surface area contributed by atoms with E-state index in [2.05, 4.69) is 32.5 Å². The van der Waals surface area contributed by atoms with Gasteiger partial charge in [-0.3, -0.25) is 0 Å². The molecule has 5 nitrogen and oxygen atoms in total. The van der Waals surface area contributed by atoms with Gasteiger partial charge in [0.2, 0.25) is 0 Å². The van der Waals surface area contributed by atoms with Crippen molar-refractivity contribution in [3.05, 3.63) is 21.0 Å². The number of anilines is 1. The lowest BCUT2D eigenvalue weighted by molar-refractivity contribution is 0.0266. The van der Waals surface area contributed by atoms with Gasteiger partial charge >= 0.3 is 6.09 Å². The Kier molecular flexibility index (Phi) is 5.40. The van der Waals surface area contributed by atoms with Gasteiger partial charge in [0, 0.05) is 32.4 Å². The molecule has 7 heteroatoms. The van der Waals surface area contributed by atoms with E-state index in [1.165, 1.54) is 0 Å². The number of ether oxygens (including phenoxy) is 1. The average molecular weight is 478 g/mol. The SMILES string of the molecule is CC(C)(C)OC(=O)N1CCC2(CCN(c3cc(Cl)ncc3I)CC2)C1. The predicted molar refractivity (Wildman–Crippen MR) is 108 cm³/mol. The molecule has 1 spiro atoms. The first-order valence-corrected chi connectivity index (χ1v) is 10.2. The molecule has 0 aromatic carbocycles. The van der Waals surface area contributed by atoms with Crippen LogP contribution < -0.4 is 4.90 Å². The van der Waals surface area contributed by atoms with Gasteiger partial charge in [0.05, 0.1) is 9.26 Å². The number of hydrogen-bond acceptors (Lipinski definition) is 4. The highest BCUT2D eigenvalue weighted by Crippen LogP contribution is 2.42. The van der Waals surface area contributed by atoms with Crippen LogP contribution in [0.1, 0.15) is 40.0 Å². The second-order valence-corrected chi connectivity index (χ2v) is 9.65. The smallest absolute Gasteiger partial charge is 0.410 e. The van der Waals surface area contributed by atoms with Crippen molar-refractivity contribution in [3.63, 3.8) is 0 Å². The molecule has 0 radical (unpaired) electrons. The van der Waals surface area contributed by atoms with Crippen LogP contribution >= 0.6 is 34.2 Å². The number of pyridine rings is 1. The molecule has 2 fully saturated rings. The maximum Gasteiger partial charge on any atom is 0.410 e. The fourth-order valence-corrected chi connectivity index (χ4v) is 4.48. The molecule has 2 aliphatic heterocycles. The molecule has 1 amide bonds. The normalized spacial score (nSPS) is 20.2. The second-order valence-electron chi connectivity index (χ2n) is 8.10. The lowest BCUT2D eigenvalue weighted by atomic mass is 9.77. The van der Waals surface area contributed by atoms with Crippen LogP contribution in [0.2, 0.25) is 5.15 Å². The molecule has 138 valence electrons. The van der Waals surface area contributed by atoms with E-state index in [1.807, 2.05) is 37.9 Å². The van der Waals surface area contributed by atoms with Crippen LogP contribution in [-0.4, -0.2) is 47.8 Å². The Labute approximate surface area is 168 Å². The highest BCUT2D eigenvalue weighted by Gasteiger charge is 2.43. The first kappa shape index (κ1) is 19.0. The summed E-state index contributed by atoms with van der Waals surface area (Å²) in [4.78, 5) is 20.7. The van der Waals surface area contributed by atoms with E-state index in [0.29, 0.717) is 5.15 Å². The molecule has 1 aromatic heterocycles. The molecule has 0 unspecified atom stereocenters. The van der Waals surface area contributed by atoms with Crippen LogP contribution in [0.3, 0.4) is 0 Å². The van der Waals surface area contributed by atoms with Crippen LogP contribution in [0, 0.1) is 8.99 Å². The fourth-order valence-electron chi connectivity index (χ4n) is 3.69. The second kappa shape index (κ2) is 7.10. The van der Waals surface area contributed by atoms with E-state index in [4.69, 9.17) is 16.3 Å². The molecule has 3 heterocycles. The molecule has 2 aliphatic rings. The number of rotatable bonds is 1. The minimum Gasteiger partial charge on any atom is -0.444 e. The standard InChI is InChI=1S/C18H25ClIN3O2/c1-17(2,3)25-16(24)23-9-6-18(12-23)4-7-22(8-5-18)14-10-15(19)21-11-13(14)20/h10-11H,4-9,12H2,1-3H3. The highest BCUT2D eigenvalue weighted by molar-refractivity contribution is 14.1. The van der Waals surface area contributed by atoms with Crippen LogP contribution in [0.25, 0.3) is 0 Å². The maximum atomic E-state index is 12.3. The Balaban J connectivity index is 1.61. The number of piperidine rings is 1. The first-order chi connectivity index (χ1) is 11.7. The largest absolute Gasteiger partial charge is 0.444 e. The quantitative estimate of drug-likeness (QED) is 0.439. The third-order valence-corrected chi connectivity index (χ3v) is 6.09. The Bertz CT molecular complexity index is 654. The van der Waals surface area contributed by atoms with Gasteiger partial charge in [-0.05, 0) is 74.1 Å². The Hall–Kier alpha value is -0.760. The lowest BCUT2D eigenvalue weighted by Crippen LogP contribution is -2.43. The summed E-state index contributed by atoms with van der Waals surface area (Å²) in [5, 5.41) is 0.535. The Morgan fingerprint density at radius 3 is 2.56 bits per heavy atom. The van der Waals surface area contributed by atoms with Crippen molar-refractivity contribution >= 4 is 46.0 Å². The third-order valence-electron chi connectivity index (χ3n) is 5.06. The first-order valence-electron chi connectivity index (χ1n) is 8.71. The van der Waals surface area contributed by atoms with Crippen LogP contribution in [0.15, 0.2) is 12.3 Å². The lowest BCUT2D eigenvalue weighted by Gasteiger charge is -2.40. The van der Waals surface area contributed by atoms with Gasteiger partial charge < -0.3 is 14.5 Å². The van der Waals surface area contributed by atoms with Gasteiger partial charge in [-0.1, -0.05) is 11.6 Å². The monoisotopic (exact) mass is 477 g/mol.